The summed E-state index contributed by atoms with van der Waals surface area (Å²) in [5.41, 5.74) is 0. The highest BCUT2D eigenvalue weighted by molar-refractivity contribution is 4.87. The second-order valence-corrected chi connectivity index (χ2v) is 5.94. The monoisotopic (exact) mass is 225 g/mol. The molecule has 0 heterocycles. The fraction of sp³-hybridized carbons (Fsp3) is 1.00. The maximum Gasteiger partial charge on any atom is 0.0695 e. The first-order valence-electron chi connectivity index (χ1n) is 7.12. The van der Waals surface area contributed by atoms with Crippen molar-refractivity contribution in [1.82, 2.24) is 4.90 Å². The van der Waals surface area contributed by atoms with Gasteiger partial charge in [0.1, 0.15) is 0 Å². The Labute approximate surface area is 100 Å². The van der Waals surface area contributed by atoms with Crippen LogP contribution in [0.1, 0.15) is 52.4 Å². The fourth-order valence-electron chi connectivity index (χ4n) is 3.23. The molecule has 0 radical (unpaired) electrons. The highest BCUT2D eigenvalue weighted by Crippen LogP contribution is 2.32. The summed E-state index contributed by atoms with van der Waals surface area (Å²) in [6, 6.07) is 0.439. The SMILES string of the molecule is CCN(CC1CCC1)C1CC(C)CCC1O. The first kappa shape index (κ1) is 12.4. The van der Waals surface area contributed by atoms with E-state index in [0.29, 0.717) is 6.04 Å². The maximum absolute atomic E-state index is 10.2. The lowest BCUT2D eigenvalue weighted by Crippen LogP contribution is -2.49. The van der Waals surface area contributed by atoms with Crippen LogP contribution >= 0.6 is 0 Å². The highest BCUT2D eigenvalue weighted by Gasteiger charge is 2.32. The van der Waals surface area contributed by atoms with Gasteiger partial charge in [0.15, 0.2) is 0 Å². The van der Waals surface area contributed by atoms with Gasteiger partial charge in [-0.2, -0.15) is 0 Å². The molecule has 2 aliphatic carbocycles. The molecular formula is C14H27NO. The molecule has 1 N–H and O–H groups in total. The summed E-state index contributed by atoms with van der Waals surface area (Å²) in [7, 11) is 0. The number of likely N-dealkylation sites (N-methyl/N-ethyl adjacent to an activating group) is 1. The van der Waals surface area contributed by atoms with Crippen molar-refractivity contribution in [1.29, 1.82) is 0 Å². The quantitative estimate of drug-likeness (QED) is 0.795. The minimum atomic E-state index is -0.0729. The van der Waals surface area contributed by atoms with Crippen LogP contribution in [0.15, 0.2) is 0 Å². The first-order chi connectivity index (χ1) is 7.70. The van der Waals surface area contributed by atoms with Crippen LogP contribution in [-0.4, -0.2) is 35.2 Å². The smallest absolute Gasteiger partial charge is 0.0695 e. The van der Waals surface area contributed by atoms with Crippen LogP contribution in [0.2, 0.25) is 0 Å². The van der Waals surface area contributed by atoms with Gasteiger partial charge in [-0.1, -0.05) is 20.3 Å². The zero-order valence-electron chi connectivity index (χ0n) is 10.9. The van der Waals surface area contributed by atoms with Crippen LogP contribution < -0.4 is 0 Å². The zero-order valence-corrected chi connectivity index (χ0v) is 10.9. The molecule has 0 aliphatic heterocycles. The van der Waals surface area contributed by atoms with Crippen LogP contribution in [0.5, 0.6) is 0 Å². The molecule has 0 aromatic carbocycles. The molecule has 0 aromatic rings. The lowest BCUT2D eigenvalue weighted by atomic mass is 9.81. The van der Waals surface area contributed by atoms with E-state index in [9.17, 15) is 5.11 Å². The predicted molar refractivity (Wildman–Crippen MR) is 67.4 cm³/mol. The van der Waals surface area contributed by atoms with Crippen molar-refractivity contribution in [3.05, 3.63) is 0 Å². The van der Waals surface area contributed by atoms with Gasteiger partial charge in [0, 0.05) is 12.6 Å². The molecule has 0 spiro atoms. The minimum absolute atomic E-state index is 0.0729. The average molecular weight is 225 g/mol. The Morgan fingerprint density at radius 3 is 2.50 bits per heavy atom. The molecule has 16 heavy (non-hydrogen) atoms. The number of nitrogens with zero attached hydrogens (tertiary/aromatic N) is 1. The van der Waals surface area contributed by atoms with Crippen molar-refractivity contribution in [2.45, 2.75) is 64.5 Å². The molecular weight excluding hydrogens is 198 g/mol. The van der Waals surface area contributed by atoms with E-state index in [0.717, 1.165) is 24.8 Å². The van der Waals surface area contributed by atoms with Crippen molar-refractivity contribution in [3.63, 3.8) is 0 Å². The van der Waals surface area contributed by atoms with Gasteiger partial charge < -0.3 is 5.11 Å². The lowest BCUT2D eigenvalue weighted by molar-refractivity contribution is -0.00398. The second kappa shape index (κ2) is 5.50. The standard InChI is InChI=1S/C14H27NO/c1-3-15(10-12-5-4-6-12)13-9-11(2)7-8-14(13)16/h11-14,16H,3-10H2,1-2H3. The Hall–Kier alpha value is -0.0800. The van der Waals surface area contributed by atoms with Crippen LogP contribution in [0.3, 0.4) is 0 Å². The Morgan fingerprint density at radius 1 is 1.19 bits per heavy atom. The summed E-state index contributed by atoms with van der Waals surface area (Å²) >= 11 is 0. The number of aliphatic hydroxyl groups is 1. The van der Waals surface area contributed by atoms with Gasteiger partial charge in [0.25, 0.3) is 0 Å². The summed E-state index contributed by atoms with van der Waals surface area (Å²) in [5.74, 6) is 1.72. The van der Waals surface area contributed by atoms with E-state index in [1.54, 1.807) is 0 Å². The van der Waals surface area contributed by atoms with Crippen LogP contribution in [0, 0.1) is 11.8 Å². The number of hydrogen-bond acceptors (Lipinski definition) is 2. The van der Waals surface area contributed by atoms with E-state index in [1.165, 1.54) is 38.6 Å². The second-order valence-electron chi connectivity index (χ2n) is 5.94. The van der Waals surface area contributed by atoms with Crippen molar-refractivity contribution in [2.75, 3.05) is 13.1 Å². The Balaban J connectivity index is 1.89. The van der Waals surface area contributed by atoms with Crippen LogP contribution in [0.25, 0.3) is 0 Å². The Morgan fingerprint density at radius 2 is 1.94 bits per heavy atom. The van der Waals surface area contributed by atoms with E-state index >= 15 is 0 Å². The highest BCUT2D eigenvalue weighted by atomic mass is 16.3. The molecule has 2 rings (SSSR count). The third kappa shape index (κ3) is 2.78. The predicted octanol–water partition coefficient (Wildman–Crippen LogP) is 2.66. The molecule has 0 aromatic heterocycles. The molecule has 2 fully saturated rings. The third-order valence-electron chi connectivity index (χ3n) is 4.64. The zero-order chi connectivity index (χ0) is 11.5. The van der Waals surface area contributed by atoms with Gasteiger partial charge in [-0.15, -0.1) is 0 Å². The molecule has 2 heteroatoms. The van der Waals surface area contributed by atoms with Crippen molar-refractivity contribution >= 4 is 0 Å². The molecule has 3 unspecified atom stereocenters. The molecule has 0 saturated heterocycles. The first-order valence-corrected chi connectivity index (χ1v) is 7.12. The van der Waals surface area contributed by atoms with Gasteiger partial charge in [-0.3, -0.25) is 4.90 Å². The normalized spacial score (nSPS) is 36.4. The molecule has 3 atom stereocenters. The molecule has 2 saturated carbocycles. The summed E-state index contributed by atoms with van der Waals surface area (Å²) in [6.45, 7) is 6.90. The molecule has 0 amide bonds. The lowest BCUT2D eigenvalue weighted by Gasteiger charge is -2.42. The fourth-order valence-corrected chi connectivity index (χ4v) is 3.23. The summed E-state index contributed by atoms with van der Waals surface area (Å²) in [5, 5.41) is 10.2. The topological polar surface area (TPSA) is 23.5 Å². The molecule has 0 bridgehead atoms. The van der Waals surface area contributed by atoms with Crippen molar-refractivity contribution in [2.24, 2.45) is 11.8 Å². The largest absolute Gasteiger partial charge is 0.391 e. The van der Waals surface area contributed by atoms with Gasteiger partial charge >= 0.3 is 0 Å². The Bertz CT molecular complexity index is 215. The van der Waals surface area contributed by atoms with E-state index in [4.69, 9.17) is 0 Å². The number of hydrogen-bond donors (Lipinski definition) is 1. The molecule has 2 nitrogen and oxygen atoms in total. The van der Waals surface area contributed by atoms with E-state index in [2.05, 4.69) is 18.7 Å². The average Bonchev–Trinajstić information content (AvgIpc) is 2.21. The Kier molecular flexibility index (Phi) is 4.26. The molecule has 94 valence electrons. The van der Waals surface area contributed by atoms with E-state index < -0.39 is 0 Å². The molecule has 2 aliphatic rings. The van der Waals surface area contributed by atoms with E-state index in [-0.39, 0.29) is 6.10 Å². The van der Waals surface area contributed by atoms with Crippen molar-refractivity contribution < 1.29 is 5.11 Å². The van der Waals surface area contributed by atoms with Gasteiger partial charge in [0.05, 0.1) is 6.10 Å². The minimum Gasteiger partial charge on any atom is -0.391 e. The summed E-state index contributed by atoms with van der Waals surface area (Å²) in [6.07, 6.45) is 7.58. The maximum atomic E-state index is 10.2. The van der Waals surface area contributed by atoms with Crippen molar-refractivity contribution in [3.8, 4) is 0 Å². The van der Waals surface area contributed by atoms with E-state index in [1.807, 2.05) is 0 Å². The van der Waals surface area contributed by atoms with Crippen LogP contribution in [0.4, 0.5) is 0 Å². The van der Waals surface area contributed by atoms with Gasteiger partial charge in [0.2, 0.25) is 0 Å². The summed E-state index contributed by atoms with van der Waals surface area (Å²) < 4.78 is 0. The van der Waals surface area contributed by atoms with Gasteiger partial charge in [-0.05, 0) is 50.5 Å². The summed E-state index contributed by atoms with van der Waals surface area (Å²) in [4.78, 5) is 2.55. The third-order valence-corrected chi connectivity index (χ3v) is 4.64. The number of aliphatic hydroxyl groups excluding tert-OH is 1. The van der Waals surface area contributed by atoms with Gasteiger partial charge in [-0.25, -0.2) is 0 Å². The number of rotatable bonds is 4. The van der Waals surface area contributed by atoms with Crippen LogP contribution in [-0.2, 0) is 0 Å².